The number of carbonyl (C=O) groups excluding carboxylic acids is 1. The number of ether oxygens (including phenoxy) is 1. The van der Waals surface area contributed by atoms with Gasteiger partial charge < -0.3 is 4.74 Å². The van der Waals surface area contributed by atoms with Crippen LogP contribution in [0.5, 0.6) is 0 Å². The summed E-state index contributed by atoms with van der Waals surface area (Å²) in [5, 5.41) is 8.38. The van der Waals surface area contributed by atoms with Crippen LogP contribution in [0.15, 0.2) is 0 Å². The lowest BCUT2D eigenvalue weighted by molar-refractivity contribution is -0.152. The van der Waals surface area contributed by atoms with Crippen LogP contribution in [0.2, 0.25) is 0 Å². The van der Waals surface area contributed by atoms with Crippen molar-refractivity contribution in [2.75, 3.05) is 20.7 Å². The molecule has 13 heavy (non-hydrogen) atoms. The minimum absolute atomic E-state index is 0.284. The first-order valence-corrected chi connectivity index (χ1v) is 4.13. The number of hydrogen-bond donors (Lipinski definition) is 0. The Morgan fingerprint density at radius 2 is 2.15 bits per heavy atom. The highest BCUT2D eigenvalue weighted by Gasteiger charge is 2.32. The second kappa shape index (κ2) is 4.83. The van der Waals surface area contributed by atoms with E-state index in [4.69, 9.17) is 5.26 Å². The van der Waals surface area contributed by atoms with Crippen molar-refractivity contribution in [1.29, 1.82) is 5.26 Å². The number of nitriles is 1. The van der Waals surface area contributed by atoms with Crippen LogP contribution < -0.4 is 0 Å². The molecule has 0 amide bonds. The average molecular weight is 184 g/mol. The molecule has 0 saturated carbocycles. The third-order valence-electron chi connectivity index (χ3n) is 2.20. The molecule has 4 nitrogen and oxygen atoms in total. The normalized spacial score (nSPS) is 11.1. The van der Waals surface area contributed by atoms with Crippen LogP contribution in [0.3, 0.4) is 0 Å². The Balaban J connectivity index is 4.28. The highest BCUT2D eigenvalue weighted by atomic mass is 16.5. The molecule has 0 rings (SSSR count). The summed E-state index contributed by atoms with van der Waals surface area (Å²) in [4.78, 5) is 13.1. The maximum absolute atomic E-state index is 11.3. The van der Waals surface area contributed by atoms with Gasteiger partial charge in [0.2, 0.25) is 0 Å². The summed E-state index contributed by atoms with van der Waals surface area (Å²) in [7, 11) is 3.16. The summed E-state index contributed by atoms with van der Waals surface area (Å²) >= 11 is 0. The summed E-state index contributed by atoms with van der Waals surface area (Å²) in [5.74, 6) is -0.284. The molecule has 4 heteroatoms. The molecule has 0 heterocycles. The van der Waals surface area contributed by atoms with Gasteiger partial charge in [-0.15, -0.1) is 0 Å². The van der Waals surface area contributed by atoms with E-state index in [-0.39, 0.29) is 5.97 Å². The van der Waals surface area contributed by atoms with Crippen molar-refractivity contribution < 1.29 is 9.53 Å². The molecule has 0 aromatic heterocycles. The van der Waals surface area contributed by atoms with Gasteiger partial charge in [-0.25, -0.2) is 0 Å². The van der Waals surface area contributed by atoms with Crippen molar-refractivity contribution in [1.82, 2.24) is 4.90 Å². The maximum atomic E-state index is 11.3. The van der Waals surface area contributed by atoms with E-state index in [0.717, 1.165) is 0 Å². The summed E-state index contributed by atoms with van der Waals surface area (Å²) < 4.78 is 4.65. The number of hydrogen-bond acceptors (Lipinski definition) is 4. The zero-order chi connectivity index (χ0) is 10.5. The first-order valence-electron chi connectivity index (χ1n) is 4.13. The van der Waals surface area contributed by atoms with E-state index in [1.807, 2.05) is 11.0 Å². The van der Waals surface area contributed by atoms with Gasteiger partial charge in [-0.1, -0.05) is 0 Å². The molecule has 0 atom stereocenters. The fourth-order valence-corrected chi connectivity index (χ4v) is 0.903. The monoisotopic (exact) mass is 184 g/mol. The SMILES string of the molecule is COC(=O)C(C)(C)N(C)CCC#N. The van der Waals surface area contributed by atoms with E-state index in [0.29, 0.717) is 13.0 Å². The van der Waals surface area contributed by atoms with Gasteiger partial charge in [0.1, 0.15) is 5.54 Å². The molecule has 0 aliphatic heterocycles. The van der Waals surface area contributed by atoms with Gasteiger partial charge in [-0.05, 0) is 20.9 Å². The van der Waals surface area contributed by atoms with Crippen LogP contribution in [-0.4, -0.2) is 37.1 Å². The molecule has 0 saturated heterocycles. The predicted molar refractivity (Wildman–Crippen MR) is 49.0 cm³/mol. The lowest BCUT2D eigenvalue weighted by atomic mass is 10.0. The molecule has 0 aromatic rings. The molecule has 0 aliphatic rings. The van der Waals surface area contributed by atoms with Gasteiger partial charge in [0.25, 0.3) is 0 Å². The van der Waals surface area contributed by atoms with Gasteiger partial charge in [0, 0.05) is 13.0 Å². The number of carbonyl (C=O) groups is 1. The summed E-state index contributed by atoms with van der Waals surface area (Å²) in [5.41, 5.74) is -0.661. The van der Waals surface area contributed by atoms with Crippen LogP contribution in [-0.2, 0) is 9.53 Å². The third kappa shape index (κ3) is 3.03. The number of esters is 1. The molecule has 0 spiro atoms. The molecule has 0 aromatic carbocycles. The van der Waals surface area contributed by atoms with Gasteiger partial charge in [0.15, 0.2) is 0 Å². The van der Waals surface area contributed by atoms with Crippen molar-refractivity contribution in [3.63, 3.8) is 0 Å². The van der Waals surface area contributed by atoms with E-state index in [1.54, 1.807) is 20.9 Å². The van der Waals surface area contributed by atoms with Crippen molar-refractivity contribution in [3.8, 4) is 6.07 Å². The number of methoxy groups -OCH3 is 1. The van der Waals surface area contributed by atoms with E-state index >= 15 is 0 Å². The molecular weight excluding hydrogens is 168 g/mol. The number of likely N-dealkylation sites (N-methyl/N-ethyl adjacent to an activating group) is 1. The van der Waals surface area contributed by atoms with E-state index in [1.165, 1.54) is 7.11 Å². The quantitative estimate of drug-likeness (QED) is 0.606. The van der Waals surface area contributed by atoms with Crippen LogP contribution in [0, 0.1) is 11.3 Å². The Labute approximate surface area is 79.1 Å². The summed E-state index contributed by atoms with van der Waals surface area (Å²) in [6.45, 7) is 4.12. The van der Waals surface area contributed by atoms with Crippen LogP contribution in [0.1, 0.15) is 20.3 Å². The van der Waals surface area contributed by atoms with E-state index in [9.17, 15) is 4.79 Å². The first kappa shape index (κ1) is 11.9. The largest absolute Gasteiger partial charge is 0.468 e. The Kier molecular flexibility index (Phi) is 4.43. The minimum atomic E-state index is -0.661. The fraction of sp³-hybridized carbons (Fsp3) is 0.778. The Hall–Kier alpha value is -1.08. The maximum Gasteiger partial charge on any atom is 0.325 e. The molecule has 0 unspecified atom stereocenters. The minimum Gasteiger partial charge on any atom is -0.468 e. The van der Waals surface area contributed by atoms with Gasteiger partial charge >= 0.3 is 5.97 Å². The van der Waals surface area contributed by atoms with Crippen LogP contribution >= 0.6 is 0 Å². The molecular formula is C9H16N2O2. The van der Waals surface area contributed by atoms with Crippen molar-refractivity contribution >= 4 is 5.97 Å². The van der Waals surface area contributed by atoms with Crippen molar-refractivity contribution in [2.45, 2.75) is 25.8 Å². The zero-order valence-electron chi connectivity index (χ0n) is 8.63. The topological polar surface area (TPSA) is 53.3 Å². The summed E-state index contributed by atoms with van der Waals surface area (Å²) in [6, 6.07) is 2.03. The van der Waals surface area contributed by atoms with Crippen molar-refractivity contribution in [2.24, 2.45) is 0 Å². The summed E-state index contributed by atoms with van der Waals surface area (Å²) in [6.07, 6.45) is 0.414. The zero-order valence-corrected chi connectivity index (χ0v) is 8.63. The second-order valence-corrected chi connectivity index (χ2v) is 3.38. The van der Waals surface area contributed by atoms with E-state index < -0.39 is 5.54 Å². The van der Waals surface area contributed by atoms with Crippen LogP contribution in [0.25, 0.3) is 0 Å². The fourth-order valence-electron chi connectivity index (χ4n) is 0.903. The molecule has 0 radical (unpaired) electrons. The highest BCUT2D eigenvalue weighted by molar-refractivity contribution is 5.79. The number of nitrogens with zero attached hydrogens (tertiary/aromatic N) is 2. The average Bonchev–Trinajstić information content (AvgIpc) is 2.12. The smallest absolute Gasteiger partial charge is 0.325 e. The molecule has 0 aliphatic carbocycles. The van der Waals surface area contributed by atoms with Crippen LogP contribution in [0.4, 0.5) is 0 Å². The molecule has 74 valence electrons. The Bertz CT molecular complexity index is 218. The lowest BCUT2D eigenvalue weighted by Gasteiger charge is -2.31. The molecule has 0 fully saturated rings. The number of rotatable bonds is 4. The van der Waals surface area contributed by atoms with E-state index in [2.05, 4.69) is 4.74 Å². The van der Waals surface area contributed by atoms with Gasteiger partial charge in [-0.2, -0.15) is 5.26 Å². The van der Waals surface area contributed by atoms with Gasteiger partial charge in [-0.3, -0.25) is 9.69 Å². The second-order valence-electron chi connectivity index (χ2n) is 3.38. The Morgan fingerprint density at radius 1 is 1.62 bits per heavy atom. The molecule has 0 N–H and O–H groups in total. The highest BCUT2D eigenvalue weighted by Crippen LogP contribution is 2.13. The van der Waals surface area contributed by atoms with Crippen molar-refractivity contribution in [3.05, 3.63) is 0 Å². The standard InChI is InChI=1S/C9H16N2O2/c1-9(2,8(12)13-4)11(3)7-5-6-10/h5,7H2,1-4H3. The predicted octanol–water partition coefficient (Wildman–Crippen LogP) is 0.783. The first-order chi connectivity index (χ1) is 5.96. The third-order valence-corrected chi connectivity index (χ3v) is 2.20. The Morgan fingerprint density at radius 3 is 2.54 bits per heavy atom. The van der Waals surface area contributed by atoms with Gasteiger partial charge in [0.05, 0.1) is 13.2 Å². The lowest BCUT2D eigenvalue weighted by Crippen LogP contribution is -2.48. The molecule has 0 bridgehead atoms.